The normalized spacial score (nSPS) is 11.0. The highest BCUT2D eigenvalue weighted by Gasteiger charge is 2.38. The molecule has 0 saturated carbocycles. The summed E-state index contributed by atoms with van der Waals surface area (Å²) in [5.41, 5.74) is 0.932. The molecule has 3 N–H and O–H groups in total. The predicted molar refractivity (Wildman–Crippen MR) is 80.4 cm³/mol. The van der Waals surface area contributed by atoms with Crippen molar-refractivity contribution in [3.63, 3.8) is 0 Å². The highest BCUT2D eigenvalue weighted by Crippen LogP contribution is 2.18. The van der Waals surface area contributed by atoms with E-state index in [4.69, 9.17) is 0 Å². The number of hydrogen-bond acceptors (Lipinski definition) is 3. The first-order valence-electron chi connectivity index (χ1n) is 6.80. The van der Waals surface area contributed by atoms with Crippen LogP contribution in [0.25, 0.3) is 0 Å². The van der Waals surface area contributed by atoms with Crippen molar-refractivity contribution in [2.75, 3.05) is 5.32 Å². The van der Waals surface area contributed by atoms with Crippen LogP contribution in [0.1, 0.15) is 15.9 Å². The van der Waals surface area contributed by atoms with Gasteiger partial charge in [0.1, 0.15) is 5.75 Å². The molecule has 0 heterocycles. The van der Waals surface area contributed by atoms with Crippen molar-refractivity contribution in [3.05, 3.63) is 59.7 Å². The van der Waals surface area contributed by atoms with Crippen LogP contribution in [0.4, 0.5) is 18.9 Å². The summed E-state index contributed by atoms with van der Waals surface area (Å²) in [6, 6.07) is 11.9. The Hall–Kier alpha value is -3.03. The maximum Gasteiger partial charge on any atom is 0.471 e. The van der Waals surface area contributed by atoms with E-state index in [1.807, 2.05) is 0 Å². The number of benzene rings is 2. The Morgan fingerprint density at radius 3 is 2.21 bits per heavy atom. The van der Waals surface area contributed by atoms with Gasteiger partial charge in [0.15, 0.2) is 0 Å². The molecule has 126 valence electrons. The standard InChI is InChI=1S/C16H13F3N2O3/c17-16(18,19)15(24)20-9-10-5-7-11(8-6-10)21-14(23)12-3-1-2-4-13(12)22/h1-8,22H,9H2,(H,20,24)(H,21,23). The van der Waals surface area contributed by atoms with Gasteiger partial charge in [-0.2, -0.15) is 13.2 Å². The summed E-state index contributed by atoms with van der Waals surface area (Å²) in [5.74, 6) is -2.70. The smallest absolute Gasteiger partial charge is 0.471 e. The van der Waals surface area contributed by atoms with Gasteiger partial charge in [0, 0.05) is 12.2 Å². The minimum absolute atomic E-state index is 0.0963. The molecule has 5 nitrogen and oxygen atoms in total. The van der Waals surface area contributed by atoms with Gasteiger partial charge in [-0.1, -0.05) is 24.3 Å². The maximum atomic E-state index is 12.1. The molecule has 8 heteroatoms. The second-order valence-corrected chi connectivity index (χ2v) is 4.85. The van der Waals surface area contributed by atoms with Crippen molar-refractivity contribution in [2.45, 2.75) is 12.7 Å². The Morgan fingerprint density at radius 2 is 1.62 bits per heavy atom. The molecule has 0 saturated heterocycles. The van der Waals surface area contributed by atoms with Crippen molar-refractivity contribution in [2.24, 2.45) is 0 Å². The summed E-state index contributed by atoms with van der Waals surface area (Å²) in [7, 11) is 0. The molecule has 0 aliphatic rings. The van der Waals surface area contributed by atoms with Crippen molar-refractivity contribution >= 4 is 17.5 Å². The Bertz CT molecular complexity index is 743. The quantitative estimate of drug-likeness (QED) is 0.802. The number of alkyl halides is 3. The van der Waals surface area contributed by atoms with Crippen LogP contribution in [-0.2, 0) is 11.3 Å². The van der Waals surface area contributed by atoms with Crippen molar-refractivity contribution in [1.29, 1.82) is 0 Å². The van der Waals surface area contributed by atoms with Crippen molar-refractivity contribution < 1.29 is 27.9 Å². The molecule has 0 atom stereocenters. The van der Waals surface area contributed by atoms with Crippen LogP contribution in [0.5, 0.6) is 5.75 Å². The third kappa shape index (κ3) is 4.48. The molecule has 0 aromatic heterocycles. The molecule has 0 radical (unpaired) electrons. The van der Waals surface area contributed by atoms with E-state index in [-0.39, 0.29) is 17.9 Å². The fraction of sp³-hybridized carbons (Fsp3) is 0.125. The molecular formula is C16H13F3N2O3. The van der Waals surface area contributed by atoms with E-state index in [1.54, 1.807) is 17.4 Å². The lowest BCUT2D eigenvalue weighted by Gasteiger charge is -2.09. The molecule has 2 rings (SSSR count). The van der Waals surface area contributed by atoms with Crippen molar-refractivity contribution in [1.82, 2.24) is 5.32 Å². The van der Waals surface area contributed by atoms with Gasteiger partial charge in [-0.05, 0) is 29.8 Å². The molecule has 0 fully saturated rings. The van der Waals surface area contributed by atoms with Crippen LogP contribution in [-0.4, -0.2) is 23.1 Å². The molecule has 2 amide bonds. The monoisotopic (exact) mass is 338 g/mol. The van der Waals surface area contributed by atoms with Gasteiger partial charge >= 0.3 is 12.1 Å². The van der Waals surface area contributed by atoms with Crippen LogP contribution in [0.3, 0.4) is 0 Å². The maximum absolute atomic E-state index is 12.1. The average Bonchev–Trinajstić information content (AvgIpc) is 2.53. The summed E-state index contributed by atoms with van der Waals surface area (Å²) < 4.78 is 36.2. The summed E-state index contributed by atoms with van der Waals surface area (Å²) >= 11 is 0. The van der Waals surface area contributed by atoms with E-state index in [1.165, 1.54) is 36.4 Å². The molecular weight excluding hydrogens is 325 g/mol. The molecule has 0 unspecified atom stereocenters. The molecule has 0 spiro atoms. The number of phenolic OH excluding ortho intramolecular Hbond substituents is 1. The number of carbonyl (C=O) groups is 2. The number of rotatable bonds is 4. The number of aromatic hydroxyl groups is 1. The number of nitrogens with one attached hydrogen (secondary N) is 2. The Morgan fingerprint density at radius 1 is 1.00 bits per heavy atom. The lowest BCUT2D eigenvalue weighted by Crippen LogP contribution is -2.36. The summed E-state index contributed by atoms with van der Waals surface area (Å²) in [6.07, 6.45) is -4.92. The highest BCUT2D eigenvalue weighted by molar-refractivity contribution is 6.06. The Balaban J connectivity index is 1.96. The first kappa shape index (κ1) is 17.3. The topological polar surface area (TPSA) is 78.4 Å². The summed E-state index contributed by atoms with van der Waals surface area (Å²) in [5, 5.41) is 13.9. The minimum Gasteiger partial charge on any atom is -0.507 e. The Labute approximate surface area is 135 Å². The van der Waals surface area contributed by atoms with Gasteiger partial charge in [0.25, 0.3) is 5.91 Å². The van der Waals surface area contributed by atoms with E-state index in [0.717, 1.165) is 0 Å². The highest BCUT2D eigenvalue weighted by atomic mass is 19.4. The van der Waals surface area contributed by atoms with E-state index in [0.29, 0.717) is 11.3 Å². The fourth-order valence-electron chi connectivity index (χ4n) is 1.85. The van der Waals surface area contributed by atoms with Crippen LogP contribution in [0.15, 0.2) is 48.5 Å². The molecule has 2 aromatic carbocycles. The van der Waals surface area contributed by atoms with E-state index in [9.17, 15) is 27.9 Å². The van der Waals surface area contributed by atoms with Crippen LogP contribution in [0.2, 0.25) is 0 Å². The number of amides is 2. The average molecular weight is 338 g/mol. The minimum atomic E-state index is -4.92. The van der Waals surface area contributed by atoms with Crippen LogP contribution < -0.4 is 10.6 Å². The summed E-state index contributed by atoms with van der Waals surface area (Å²) in [4.78, 5) is 22.7. The van der Waals surface area contributed by atoms with Gasteiger partial charge in [0.2, 0.25) is 0 Å². The van der Waals surface area contributed by atoms with Gasteiger partial charge in [-0.25, -0.2) is 0 Å². The number of anilines is 1. The molecule has 0 aliphatic heterocycles. The SMILES string of the molecule is O=C(Nc1ccc(CNC(=O)C(F)(F)F)cc1)c1ccccc1O. The zero-order valence-corrected chi connectivity index (χ0v) is 12.2. The molecule has 0 bridgehead atoms. The zero-order chi connectivity index (χ0) is 17.7. The first-order chi connectivity index (χ1) is 11.3. The van der Waals surface area contributed by atoms with Crippen LogP contribution >= 0.6 is 0 Å². The number of para-hydroxylation sites is 1. The number of hydrogen-bond donors (Lipinski definition) is 3. The second kappa shape index (κ2) is 7.03. The van der Waals surface area contributed by atoms with Gasteiger partial charge in [0.05, 0.1) is 5.56 Å². The zero-order valence-electron chi connectivity index (χ0n) is 12.2. The van der Waals surface area contributed by atoms with Crippen LogP contribution in [0, 0.1) is 0 Å². The first-order valence-corrected chi connectivity index (χ1v) is 6.80. The largest absolute Gasteiger partial charge is 0.507 e. The van der Waals surface area contributed by atoms with E-state index < -0.39 is 18.0 Å². The van der Waals surface area contributed by atoms with E-state index >= 15 is 0 Å². The second-order valence-electron chi connectivity index (χ2n) is 4.85. The van der Waals surface area contributed by atoms with E-state index in [2.05, 4.69) is 5.32 Å². The predicted octanol–water partition coefficient (Wildman–Crippen LogP) is 2.82. The fourth-order valence-corrected chi connectivity index (χ4v) is 1.85. The third-order valence-corrected chi connectivity index (χ3v) is 3.07. The van der Waals surface area contributed by atoms with Gasteiger partial charge in [-0.15, -0.1) is 0 Å². The molecule has 0 aliphatic carbocycles. The number of phenols is 1. The van der Waals surface area contributed by atoms with Gasteiger partial charge in [-0.3, -0.25) is 9.59 Å². The lowest BCUT2D eigenvalue weighted by molar-refractivity contribution is -0.173. The molecule has 2 aromatic rings. The number of halogens is 3. The van der Waals surface area contributed by atoms with Crippen molar-refractivity contribution in [3.8, 4) is 5.75 Å². The number of carbonyl (C=O) groups excluding carboxylic acids is 2. The molecule has 24 heavy (non-hydrogen) atoms. The third-order valence-electron chi connectivity index (χ3n) is 3.07. The van der Waals surface area contributed by atoms with Gasteiger partial charge < -0.3 is 15.7 Å². The lowest BCUT2D eigenvalue weighted by atomic mass is 10.1. The summed E-state index contributed by atoms with van der Waals surface area (Å²) in [6.45, 7) is -0.286. The Kier molecular flexibility index (Phi) is 5.08.